The van der Waals surface area contributed by atoms with E-state index in [0.717, 1.165) is 43.0 Å². The first-order valence-electron chi connectivity index (χ1n) is 13.9. The Hall–Kier alpha value is -3.22. The normalized spacial score (nSPS) is 24.4. The van der Waals surface area contributed by atoms with Crippen LogP contribution in [-0.4, -0.2) is 104 Å². The van der Waals surface area contributed by atoms with Crippen LogP contribution in [0.2, 0.25) is 0 Å². The summed E-state index contributed by atoms with van der Waals surface area (Å²) in [6, 6.07) is 6.52. The summed E-state index contributed by atoms with van der Waals surface area (Å²) in [5.74, 6) is -1.39. The van der Waals surface area contributed by atoms with Crippen LogP contribution < -0.4 is 14.7 Å². The number of piperazine rings is 1. The van der Waals surface area contributed by atoms with Crippen LogP contribution in [0.25, 0.3) is 0 Å². The maximum atomic E-state index is 14.0. The molecule has 2 amide bonds. The van der Waals surface area contributed by atoms with E-state index in [9.17, 15) is 27.9 Å². The van der Waals surface area contributed by atoms with Gasteiger partial charge in [0.2, 0.25) is 11.8 Å². The molecule has 4 heterocycles. The molecule has 1 aromatic carbocycles. The predicted molar refractivity (Wildman–Crippen MR) is 150 cm³/mol. The number of pyridine rings is 1. The highest BCUT2D eigenvalue weighted by atomic mass is 19.4. The van der Waals surface area contributed by atoms with Gasteiger partial charge in [-0.25, -0.2) is 4.98 Å². The number of aryl methyl sites for hydroxylation is 2. The molecule has 3 atom stereocenters. The average Bonchev–Trinajstić information content (AvgIpc) is 3.24. The summed E-state index contributed by atoms with van der Waals surface area (Å²) >= 11 is 0. The van der Waals surface area contributed by atoms with E-state index in [-0.39, 0.29) is 36.5 Å². The molecule has 9 nitrogen and oxygen atoms in total. The smallest absolute Gasteiger partial charge is 0.395 e. The maximum Gasteiger partial charge on any atom is 0.416 e. The SMILES string of the molecule is Cc1cc(C(F)(F)F)cc(N2C(=O)C[C@@H]3CN(CCN4CCN(C)CC4CO)c4c(C)cccc4N(C)C(=O)[C@H]32)n1. The van der Waals surface area contributed by atoms with Crippen molar-refractivity contribution in [1.29, 1.82) is 0 Å². The zero-order chi connectivity index (χ0) is 29.6. The summed E-state index contributed by atoms with van der Waals surface area (Å²) in [5, 5.41) is 10.00. The number of carbonyl (C=O) groups excluding carboxylic acids is 2. The molecule has 0 saturated carbocycles. The Morgan fingerprint density at radius 2 is 1.80 bits per heavy atom. The van der Waals surface area contributed by atoms with Crippen molar-refractivity contribution >= 4 is 29.0 Å². The number of nitrogens with zero attached hydrogens (tertiary/aromatic N) is 6. The van der Waals surface area contributed by atoms with Crippen molar-refractivity contribution in [3.63, 3.8) is 0 Å². The van der Waals surface area contributed by atoms with Crippen LogP contribution >= 0.6 is 0 Å². The van der Waals surface area contributed by atoms with Gasteiger partial charge >= 0.3 is 6.18 Å². The minimum atomic E-state index is -4.62. The van der Waals surface area contributed by atoms with Crippen LogP contribution in [0.5, 0.6) is 0 Å². The zero-order valence-electron chi connectivity index (χ0n) is 23.9. The standard InChI is InChI=1S/C29H37F3N6O3/c1-18-6-5-7-23-26(18)37(11-10-36-9-8-34(3)16-22(36)17-39)15-20-13-25(40)38(27(20)28(41)35(23)4)24-14-21(29(30,31)32)12-19(2)33-24/h5-7,12,14,20,22,27,39H,8-11,13,15-17H2,1-4H3/t20-,22?,27+/m1/s1. The Balaban J connectivity index is 1.51. The van der Waals surface area contributed by atoms with E-state index in [0.29, 0.717) is 25.3 Å². The highest BCUT2D eigenvalue weighted by Gasteiger charge is 2.49. The Morgan fingerprint density at radius 3 is 2.51 bits per heavy atom. The molecule has 2 aromatic rings. The van der Waals surface area contributed by atoms with Crippen molar-refractivity contribution in [2.24, 2.45) is 5.92 Å². The van der Waals surface area contributed by atoms with E-state index in [1.807, 2.05) is 32.2 Å². The van der Waals surface area contributed by atoms with Crippen molar-refractivity contribution in [3.8, 4) is 0 Å². The van der Waals surface area contributed by atoms with Gasteiger partial charge in [-0.1, -0.05) is 12.1 Å². The Bertz CT molecular complexity index is 1320. The second-order valence-corrected chi connectivity index (χ2v) is 11.4. The van der Waals surface area contributed by atoms with Gasteiger partial charge in [0.25, 0.3) is 0 Å². The second kappa shape index (κ2) is 11.2. The molecule has 41 heavy (non-hydrogen) atoms. The first-order chi connectivity index (χ1) is 19.4. The van der Waals surface area contributed by atoms with E-state index in [4.69, 9.17) is 0 Å². The molecule has 1 N–H and O–H groups in total. The second-order valence-electron chi connectivity index (χ2n) is 11.4. The van der Waals surface area contributed by atoms with Gasteiger partial charge in [-0.2, -0.15) is 13.2 Å². The summed E-state index contributed by atoms with van der Waals surface area (Å²) in [5.41, 5.74) is 1.77. The third kappa shape index (κ3) is 5.64. The van der Waals surface area contributed by atoms with Gasteiger partial charge in [-0.15, -0.1) is 0 Å². The third-order valence-electron chi connectivity index (χ3n) is 8.55. The quantitative estimate of drug-likeness (QED) is 0.588. The zero-order valence-corrected chi connectivity index (χ0v) is 23.9. The molecule has 2 saturated heterocycles. The molecule has 222 valence electrons. The van der Waals surface area contributed by atoms with E-state index in [1.165, 1.54) is 16.7 Å². The molecule has 5 rings (SSSR count). The number of benzene rings is 1. The molecule has 0 bridgehead atoms. The van der Waals surface area contributed by atoms with E-state index < -0.39 is 29.6 Å². The number of para-hydroxylation sites is 1. The number of aromatic nitrogens is 1. The molecule has 12 heteroatoms. The molecule has 3 aliphatic rings. The molecular formula is C29H37F3N6O3. The number of carbonyl (C=O) groups is 2. The lowest BCUT2D eigenvalue weighted by Gasteiger charge is -2.42. The van der Waals surface area contributed by atoms with E-state index in [1.54, 1.807) is 7.05 Å². The summed E-state index contributed by atoms with van der Waals surface area (Å²) in [6.45, 7) is 7.59. The van der Waals surface area contributed by atoms with Gasteiger partial charge in [0.15, 0.2) is 0 Å². The Kier molecular flexibility index (Phi) is 8.01. The van der Waals surface area contributed by atoms with E-state index >= 15 is 0 Å². The fraction of sp³-hybridized carbons (Fsp3) is 0.552. The molecular weight excluding hydrogens is 537 g/mol. The number of rotatable bonds is 5. The molecule has 0 aliphatic carbocycles. The number of anilines is 3. The lowest BCUT2D eigenvalue weighted by Crippen LogP contribution is -2.56. The minimum Gasteiger partial charge on any atom is -0.395 e. The number of hydrogen-bond acceptors (Lipinski definition) is 7. The van der Waals surface area contributed by atoms with Crippen LogP contribution in [0, 0.1) is 19.8 Å². The number of alkyl halides is 3. The Morgan fingerprint density at radius 1 is 1.05 bits per heavy atom. The summed E-state index contributed by atoms with van der Waals surface area (Å²) in [4.78, 5) is 41.0. The van der Waals surface area contributed by atoms with Crippen LogP contribution in [0.1, 0.15) is 23.2 Å². The average molecular weight is 575 g/mol. The minimum absolute atomic E-state index is 0.00983. The first kappa shape index (κ1) is 29.3. The Labute approximate surface area is 238 Å². The van der Waals surface area contributed by atoms with Crippen LogP contribution in [0.15, 0.2) is 30.3 Å². The number of hydrogen-bond donors (Lipinski definition) is 1. The fourth-order valence-corrected chi connectivity index (χ4v) is 6.47. The number of aliphatic hydroxyl groups excluding tert-OH is 1. The van der Waals surface area contributed by atoms with Crippen LogP contribution in [0.4, 0.5) is 30.4 Å². The topological polar surface area (TPSA) is 83.5 Å². The van der Waals surface area contributed by atoms with E-state index in [2.05, 4.69) is 19.7 Å². The number of halogens is 3. The van der Waals surface area contributed by atoms with Gasteiger partial charge in [0.05, 0.1) is 23.5 Å². The van der Waals surface area contributed by atoms with Crippen molar-refractivity contribution in [1.82, 2.24) is 14.8 Å². The highest BCUT2D eigenvalue weighted by molar-refractivity contribution is 6.10. The largest absolute Gasteiger partial charge is 0.416 e. The summed E-state index contributed by atoms with van der Waals surface area (Å²) < 4.78 is 41.0. The number of amides is 2. The first-order valence-corrected chi connectivity index (χ1v) is 13.9. The molecule has 1 unspecified atom stereocenters. The number of aliphatic hydroxyl groups is 1. The molecule has 0 spiro atoms. The van der Waals surface area contributed by atoms with Gasteiger partial charge in [0, 0.05) is 70.4 Å². The van der Waals surface area contributed by atoms with Crippen LogP contribution in [-0.2, 0) is 15.8 Å². The van der Waals surface area contributed by atoms with Gasteiger partial charge in [0.1, 0.15) is 11.9 Å². The highest BCUT2D eigenvalue weighted by Crippen LogP contribution is 2.41. The maximum absolute atomic E-state index is 14.0. The monoisotopic (exact) mass is 574 g/mol. The van der Waals surface area contributed by atoms with Gasteiger partial charge < -0.3 is 19.8 Å². The lowest BCUT2D eigenvalue weighted by molar-refractivity contribution is -0.137. The lowest BCUT2D eigenvalue weighted by atomic mass is 9.95. The molecule has 3 aliphatic heterocycles. The van der Waals surface area contributed by atoms with Gasteiger partial charge in [-0.3, -0.25) is 19.4 Å². The summed E-state index contributed by atoms with van der Waals surface area (Å²) in [6.07, 6.45) is -4.60. The fourth-order valence-electron chi connectivity index (χ4n) is 6.47. The van der Waals surface area contributed by atoms with Crippen molar-refractivity contribution in [2.75, 3.05) is 74.7 Å². The van der Waals surface area contributed by atoms with Gasteiger partial charge in [-0.05, 0) is 44.7 Å². The van der Waals surface area contributed by atoms with Crippen LogP contribution in [0.3, 0.4) is 0 Å². The number of likely N-dealkylation sites (N-methyl/N-ethyl adjacent to an activating group) is 2. The number of fused-ring (bicyclic) bond motifs is 2. The molecule has 0 radical (unpaired) electrons. The predicted octanol–water partition coefficient (Wildman–Crippen LogP) is 2.53. The van der Waals surface area contributed by atoms with Crippen molar-refractivity contribution in [2.45, 2.75) is 38.5 Å². The van der Waals surface area contributed by atoms with Crippen molar-refractivity contribution in [3.05, 3.63) is 47.2 Å². The molecule has 1 aromatic heterocycles. The summed E-state index contributed by atoms with van der Waals surface area (Å²) in [7, 11) is 3.68. The molecule has 2 fully saturated rings. The third-order valence-corrected chi connectivity index (χ3v) is 8.55. The van der Waals surface area contributed by atoms with Crippen molar-refractivity contribution < 1.29 is 27.9 Å².